The summed E-state index contributed by atoms with van der Waals surface area (Å²) in [6, 6.07) is 0. The predicted octanol–water partition coefficient (Wildman–Crippen LogP) is 0.742. The molecule has 0 aliphatic rings. The van der Waals surface area contributed by atoms with Crippen molar-refractivity contribution in [1.29, 1.82) is 0 Å². The topological polar surface area (TPSA) is 47.3 Å². The van der Waals surface area contributed by atoms with E-state index in [1.165, 1.54) is 0 Å². The maximum Gasteiger partial charge on any atom is 0.173 e. The second kappa shape index (κ2) is 13.9. The lowest BCUT2D eigenvalue weighted by molar-refractivity contribution is 0.302. The van der Waals surface area contributed by atoms with Crippen molar-refractivity contribution in [2.75, 3.05) is 26.7 Å². The number of hydrogen-bond donors (Lipinski definition) is 2. The highest BCUT2D eigenvalue weighted by Crippen LogP contribution is 1.83. The molecule has 0 saturated carbocycles. The Morgan fingerprint density at radius 1 is 1.50 bits per heavy atom. The minimum Gasteiger partial charge on any atom is -0.486 e. The molecule has 0 aromatic heterocycles. The van der Waals surface area contributed by atoms with Crippen molar-refractivity contribution < 1.29 is 4.74 Å². The van der Waals surface area contributed by atoms with Crippen molar-refractivity contribution >= 4 is 42.1 Å². The monoisotopic (exact) mass is 234 g/mol. The summed E-state index contributed by atoms with van der Waals surface area (Å²) in [5.74, 6) is 0. The SMILES string of the molecule is CNCC(=S)OCCCN.Cl.Cl. The van der Waals surface area contributed by atoms with E-state index in [9.17, 15) is 0 Å². The summed E-state index contributed by atoms with van der Waals surface area (Å²) in [4.78, 5) is 0. The smallest absolute Gasteiger partial charge is 0.173 e. The Bertz CT molecular complexity index is 106. The van der Waals surface area contributed by atoms with E-state index >= 15 is 0 Å². The third-order valence-electron chi connectivity index (χ3n) is 0.933. The number of halogens is 2. The normalized spacial score (nSPS) is 7.83. The second-order valence-electron chi connectivity index (χ2n) is 1.89. The van der Waals surface area contributed by atoms with E-state index < -0.39 is 0 Å². The quantitative estimate of drug-likeness (QED) is 0.545. The molecule has 0 aromatic carbocycles. The van der Waals surface area contributed by atoms with Gasteiger partial charge in [0.2, 0.25) is 0 Å². The lowest BCUT2D eigenvalue weighted by Crippen LogP contribution is -2.20. The van der Waals surface area contributed by atoms with Crippen LogP contribution in [0.25, 0.3) is 0 Å². The number of nitrogens with two attached hydrogens (primary N) is 1. The van der Waals surface area contributed by atoms with Crippen LogP contribution in [0.1, 0.15) is 6.42 Å². The first kappa shape index (κ1) is 18.2. The number of nitrogens with one attached hydrogen (secondary N) is 1. The largest absolute Gasteiger partial charge is 0.486 e. The van der Waals surface area contributed by atoms with Crippen LogP contribution in [0.4, 0.5) is 0 Å². The van der Waals surface area contributed by atoms with Crippen molar-refractivity contribution in [1.82, 2.24) is 5.32 Å². The molecule has 3 nitrogen and oxygen atoms in total. The fraction of sp³-hybridized carbons (Fsp3) is 0.833. The summed E-state index contributed by atoms with van der Waals surface area (Å²) in [5, 5.41) is 3.50. The number of thiocarbonyl (C=S) groups is 1. The van der Waals surface area contributed by atoms with Gasteiger partial charge in [-0.2, -0.15) is 0 Å². The van der Waals surface area contributed by atoms with Crippen molar-refractivity contribution in [2.24, 2.45) is 5.73 Å². The first-order valence-electron chi connectivity index (χ1n) is 3.31. The van der Waals surface area contributed by atoms with Crippen LogP contribution in [0.15, 0.2) is 0 Å². The van der Waals surface area contributed by atoms with Crippen molar-refractivity contribution in [3.8, 4) is 0 Å². The first-order chi connectivity index (χ1) is 4.81. The van der Waals surface area contributed by atoms with Crippen molar-refractivity contribution in [3.63, 3.8) is 0 Å². The van der Waals surface area contributed by atoms with Crippen LogP contribution in [-0.4, -0.2) is 31.8 Å². The predicted molar refractivity (Wildman–Crippen MR) is 60.6 cm³/mol. The van der Waals surface area contributed by atoms with Gasteiger partial charge >= 0.3 is 0 Å². The minimum atomic E-state index is 0. The molecular formula is C6H16Cl2N2OS. The minimum absolute atomic E-state index is 0. The fourth-order valence-electron chi connectivity index (χ4n) is 0.465. The van der Waals surface area contributed by atoms with Gasteiger partial charge < -0.3 is 15.8 Å². The Morgan fingerprint density at radius 2 is 2.08 bits per heavy atom. The molecule has 12 heavy (non-hydrogen) atoms. The standard InChI is InChI=1S/C6H14N2OS.2ClH/c1-8-5-6(10)9-4-2-3-7;;/h8H,2-5,7H2,1H3;2*1H. The van der Waals surface area contributed by atoms with Crippen molar-refractivity contribution in [3.05, 3.63) is 0 Å². The van der Waals surface area contributed by atoms with E-state index in [0.29, 0.717) is 24.7 Å². The third kappa shape index (κ3) is 13.0. The Labute approximate surface area is 91.2 Å². The van der Waals surface area contributed by atoms with Gasteiger partial charge in [-0.1, -0.05) is 0 Å². The Kier molecular flexibility index (Phi) is 21.2. The summed E-state index contributed by atoms with van der Waals surface area (Å²) < 4.78 is 5.11. The molecule has 0 bridgehead atoms. The van der Waals surface area contributed by atoms with Crippen molar-refractivity contribution in [2.45, 2.75) is 6.42 Å². The van der Waals surface area contributed by atoms with Gasteiger partial charge in [0, 0.05) is 0 Å². The fourth-order valence-corrected chi connectivity index (χ4v) is 0.692. The molecule has 0 aliphatic carbocycles. The lowest BCUT2D eigenvalue weighted by atomic mass is 10.5. The van der Waals surface area contributed by atoms with Crippen LogP contribution < -0.4 is 11.1 Å². The van der Waals surface area contributed by atoms with E-state index in [0.717, 1.165) is 6.42 Å². The van der Waals surface area contributed by atoms with Gasteiger partial charge in [0.25, 0.3) is 0 Å². The Hall–Kier alpha value is 0.390. The number of ether oxygens (including phenoxy) is 1. The van der Waals surface area contributed by atoms with Gasteiger partial charge in [-0.15, -0.1) is 24.8 Å². The van der Waals surface area contributed by atoms with E-state index in [4.69, 9.17) is 22.7 Å². The molecule has 0 aromatic rings. The number of likely N-dealkylation sites (N-methyl/N-ethyl adjacent to an activating group) is 1. The summed E-state index contributed by atoms with van der Waals surface area (Å²) in [6.45, 7) is 1.93. The van der Waals surface area contributed by atoms with Crippen LogP contribution in [0, 0.1) is 0 Å². The molecule has 0 spiro atoms. The molecule has 0 unspecified atom stereocenters. The van der Waals surface area contributed by atoms with E-state index in [1.807, 2.05) is 7.05 Å². The van der Waals surface area contributed by atoms with E-state index in [1.54, 1.807) is 0 Å². The van der Waals surface area contributed by atoms with Gasteiger partial charge in [-0.05, 0) is 32.2 Å². The summed E-state index contributed by atoms with van der Waals surface area (Å²) in [5.41, 5.74) is 5.25. The molecule has 0 aliphatic heterocycles. The highest BCUT2D eigenvalue weighted by molar-refractivity contribution is 7.80. The second-order valence-corrected chi connectivity index (χ2v) is 2.35. The maximum absolute atomic E-state index is 5.25. The van der Waals surface area contributed by atoms with Gasteiger partial charge in [-0.3, -0.25) is 0 Å². The Balaban J connectivity index is -0.000000405. The third-order valence-corrected chi connectivity index (χ3v) is 1.19. The molecule has 0 rings (SSSR count). The van der Waals surface area contributed by atoms with Crippen LogP contribution in [0.2, 0.25) is 0 Å². The summed E-state index contributed by atoms with van der Waals surface area (Å²) in [6.07, 6.45) is 0.865. The molecule has 6 heteroatoms. The van der Waals surface area contributed by atoms with Crippen LogP contribution >= 0.6 is 37.0 Å². The first-order valence-corrected chi connectivity index (χ1v) is 3.72. The van der Waals surface area contributed by atoms with E-state index in [-0.39, 0.29) is 24.8 Å². The average Bonchev–Trinajstić information content (AvgIpc) is 1.89. The molecule has 0 radical (unpaired) electrons. The zero-order valence-electron chi connectivity index (χ0n) is 7.04. The lowest BCUT2D eigenvalue weighted by Gasteiger charge is -2.04. The number of hydrogen-bond acceptors (Lipinski definition) is 4. The zero-order chi connectivity index (χ0) is 7.82. The van der Waals surface area contributed by atoms with Crippen LogP contribution in [-0.2, 0) is 4.74 Å². The van der Waals surface area contributed by atoms with Gasteiger partial charge in [-0.25, -0.2) is 0 Å². The molecule has 3 N–H and O–H groups in total. The molecular weight excluding hydrogens is 219 g/mol. The zero-order valence-corrected chi connectivity index (χ0v) is 9.49. The van der Waals surface area contributed by atoms with E-state index in [2.05, 4.69) is 5.32 Å². The Morgan fingerprint density at radius 3 is 2.50 bits per heavy atom. The highest BCUT2D eigenvalue weighted by Gasteiger charge is 1.92. The molecule has 0 heterocycles. The van der Waals surface area contributed by atoms with Gasteiger partial charge in [0.15, 0.2) is 5.05 Å². The summed E-state index contributed by atoms with van der Waals surface area (Å²) >= 11 is 4.84. The van der Waals surface area contributed by atoms with Gasteiger partial charge in [0.05, 0.1) is 13.2 Å². The maximum atomic E-state index is 5.25. The highest BCUT2D eigenvalue weighted by atomic mass is 35.5. The van der Waals surface area contributed by atoms with Gasteiger partial charge in [0.1, 0.15) is 0 Å². The molecule has 0 fully saturated rings. The van der Waals surface area contributed by atoms with Crippen LogP contribution in [0.5, 0.6) is 0 Å². The number of rotatable bonds is 5. The average molecular weight is 235 g/mol. The molecule has 76 valence electrons. The summed E-state index contributed by atoms with van der Waals surface area (Å²) in [7, 11) is 1.83. The molecule has 0 amide bonds. The molecule has 0 atom stereocenters. The van der Waals surface area contributed by atoms with Crippen LogP contribution in [0.3, 0.4) is 0 Å². The molecule has 0 saturated heterocycles.